The van der Waals surface area contributed by atoms with E-state index in [1.807, 2.05) is 0 Å². The van der Waals surface area contributed by atoms with Gasteiger partial charge in [0.1, 0.15) is 0 Å². The van der Waals surface area contributed by atoms with Crippen LogP contribution in [0.5, 0.6) is 0 Å². The SMILES string of the molecule is NC(=S)CCCCN1CCCCCCC1. The molecule has 0 radical (unpaired) electrons. The van der Waals surface area contributed by atoms with Gasteiger partial charge in [-0.1, -0.05) is 31.5 Å². The van der Waals surface area contributed by atoms with Gasteiger partial charge < -0.3 is 10.6 Å². The van der Waals surface area contributed by atoms with Crippen LogP contribution in [0.1, 0.15) is 51.4 Å². The summed E-state index contributed by atoms with van der Waals surface area (Å²) in [6, 6.07) is 0. The van der Waals surface area contributed by atoms with Crippen LogP contribution in [-0.4, -0.2) is 29.5 Å². The number of rotatable bonds is 5. The summed E-state index contributed by atoms with van der Waals surface area (Å²) in [6.45, 7) is 3.84. The first-order valence-electron chi connectivity index (χ1n) is 6.30. The number of likely N-dealkylation sites (tertiary alicyclic amines) is 1. The number of unbranched alkanes of at least 4 members (excludes halogenated alkanes) is 1. The van der Waals surface area contributed by atoms with Gasteiger partial charge in [0.15, 0.2) is 0 Å². The maximum absolute atomic E-state index is 5.48. The molecule has 1 aliphatic heterocycles. The van der Waals surface area contributed by atoms with E-state index in [4.69, 9.17) is 18.0 Å². The van der Waals surface area contributed by atoms with Crippen molar-refractivity contribution in [3.05, 3.63) is 0 Å². The van der Waals surface area contributed by atoms with Gasteiger partial charge in [-0.3, -0.25) is 0 Å². The highest BCUT2D eigenvalue weighted by molar-refractivity contribution is 7.80. The first-order chi connectivity index (χ1) is 7.29. The van der Waals surface area contributed by atoms with E-state index in [2.05, 4.69) is 4.90 Å². The van der Waals surface area contributed by atoms with Gasteiger partial charge >= 0.3 is 0 Å². The Morgan fingerprint density at radius 2 is 1.60 bits per heavy atom. The molecule has 0 spiro atoms. The molecule has 0 aliphatic carbocycles. The third-order valence-electron chi connectivity index (χ3n) is 3.10. The Kier molecular flexibility index (Phi) is 6.94. The lowest BCUT2D eigenvalue weighted by Gasteiger charge is -2.24. The van der Waals surface area contributed by atoms with E-state index in [1.54, 1.807) is 0 Å². The van der Waals surface area contributed by atoms with E-state index in [9.17, 15) is 0 Å². The first-order valence-corrected chi connectivity index (χ1v) is 6.70. The molecule has 0 aromatic carbocycles. The second kappa shape index (κ2) is 8.05. The number of thiocarbonyl (C=S) groups is 1. The largest absolute Gasteiger partial charge is 0.393 e. The second-order valence-electron chi connectivity index (χ2n) is 4.53. The summed E-state index contributed by atoms with van der Waals surface area (Å²) in [6.07, 6.45) is 10.4. The second-order valence-corrected chi connectivity index (χ2v) is 5.06. The molecule has 1 heterocycles. The zero-order valence-electron chi connectivity index (χ0n) is 9.71. The predicted molar refractivity (Wildman–Crippen MR) is 70.2 cm³/mol. The van der Waals surface area contributed by atoms with Crippen LogP contribution in [0.4, 0.5) is 0 Å². The van der Waals surface area contributed by atoms with Gasteiger partial charge in [-0.25, -0.2) is 0 Å². The minimum Gasteiger partial charge on any atom is -0.393 e. The summed E-state index contributed by atoms with van der Waals surface area (Å²) < 4.78 is 0. The molecular weight excluding hydrogens is 204 g/mol. The fourth-order valence-electron chi connectivity index (χ4n) is 2.17. The van der Waals surface area contributed by atoms with Crippen LogP contribution in [0.2, 0.25) is 0 Å². The van der Waals surface area contributed by atoms with Crippen LogP contribution < -0.4 is 5.73 Å². The summed E-state index contributed by atoms with van der Waals surface area (Å²) in [5, 5.41) is 0. The van der Waals surface area contributed by atoms with Crippen molar-refractivity contribution in [2.75, 3.05) is 19.6 Å². The molecule has 1 fully saturated rings. The van der Waals surface area contributed by atoms with Crippen molar-refractivity contribution in [2.24, 2.45) is 5.73 Å². The van der Waals surface area contributed by atoms with Gasteiger partial charge in [0.2, 0.25) is 0 Å². The third kappa shape index (κ3) is 6.85. The normalized spacial score (nSPS) is 19.5. The number of hydrogen-bond acceptors (Lipinski definition) is 2. The topological polar surface area (TPSA) is 29.3 Å². The van der Waals surface area contributed by atoms with Gasteiger partial charge in [-0.05, 0) is 51.7 Å². The van der Waals surface area contributed by atoms with Crippen LogP contribution in [0.15, 0.2) is 0 Å². The first kappa shape index (κ1) is 12.9. The molecule has 2 N–H and O–H groups in total. The Hall–Kier alpha value is -0.150. The molecule has 0 aromatic heterocycles. The number of nitrogens with zero attached hydrogens (tertiary/aromatic N) is 1. The molecule has 1 rings (SSSR count). The van der Waals surface area contributed by atoms with Gasteiger partial charge in [0.05, 0.1) is 4.99 Å². The van der Waals surface area contributed by atoms with Gasteiger partial charge in [0.25, 0.3) is 0 Å². The maximum atomic E-state index is 5.48. The lowest BCUT2D eigenvalue weighted by molar-refractivity contribution is 0.243. The fourth-order valence-corrected chi connectivity index (χ4v) is 2.32. The molecule has 88 valence electrons. The van der Waals surface area contributed by atoms with Crippen molar-refractivity contribution in [1.29, 1.82) is 0 Å². The quantitative estimate of drug-likeness (QED) is 0.579. The van der Waals surface area contributed by atoms with Crippen LogP contribution in [0.3, 0.4) is 0 Å². The van der Waals surface area contributed by atoms with Crippen molar-refractivity contribution in [1.82, 2.24) is 4.90 Å². The molecule has 0 aromatic rings. The van der Waals surface area contributed by atoms with Crippen molar-refractivity contribution >= 4 is 17.2 Å². The molecule has 0 saturated carbocycles. The lowest BCUT2D eigenvalue weighted by Crippen LogP contribution is -2.28. The minimum absolute atomic E-state index is 0.669. The lowest BCUT2D eigenvalue weighted by atomic mass is 10.1. The average molecular weight is 228 g/mol. The molecule has 2 nitrogen and oxygen atoms in total. The molecule has 0 bridgehead atoms. The smallest absolute Gasteiger partial charge is 0.0727 e. The fraction of sp³-hybridized carbons (Fsp3) is 0.917. The highest BCUT2D eigenvalue weighted by Gasteiger charge is 2.07. The Labute approximate surface area is 99.2 Å². The molecular formula is C12H24N2S. The van der Waals surface area contributed by atoms with E-state index in [0.717, 1.165) is 12.8 Å². The van der Waals surface area contributed by atoms with Crippen molar-refractivity contribution in [3.8, 4) is 0 Å². The van der Waals surface area contributed by atoms with E-state index >= 15 is 0 Å². The standard InChI is InChI=1S/C12H24N2S/c13-12(15)8-4-7-11-14-9-5-2-1-3-6-10-14/h1-11H2,(H2,13,15). The maximum Gasteiger partial charge on any atom is 0.0727 e. The van der Waals surface area contributed by atoms with Crippen LogP contribution in [0, 0.1) is 0 Å². The van der Waals surface area contributed by atoms with Gasteiger partial charge in [-0.2, -0.15) is 0 Å². The summed E-state index contributed by atoms with van der Waals surface area (Å²) in [4.78, 5) is 3.28. The highest BCUT2D eigenvalue weighted by atomic mass is 32.1. The molecule has 15 heavy (non-hydrogen) atoms. The molecule has 0 atom stereocenters. The van der Waals surface area contributed by atoms with Crippen LogP contribution >= 0.6 is 12.2 Å². The van der Waals surface area contributed by atoms with E-state index in [0.29, 0.717) is 4.99 Å². The van der Waals surface area contributed by atoms with E-state index < -0.39 is 0 Å². The van der Waals surface area contributed by atoms with Gasteiger partial charge in [-0.15, -0.1) is 0 Å². The Bertz CT molecular complexity index is 174. The predicted octanol–water partition coefficient (Wildman–Crippen LogP) is 2.71. The Morgan fingerprint density at radius 1 is 1.00 bits per heavy atom. The molecule has 1 saturated heterocycles. The third-order valence-corrected chi connectivity index (χ3v) is 3.30. The number of hydrogen-bond donors (Lipinski definition) is 1. The van der Waals surface area contributed by atoms with Gasteiger partial charge in [0, 0.05) is 0 Å². The zero-order chi connectivity index (χ0) is 10.9. The van der Waals surface area contributed by atoms with E-state index in [1.165, 1.54) is 58.2 Å². The Morgan fingerprint density at radius 3 is 2.20 bits per heavy atom. The molecule has 0 amide bonds. The summed E-state index contributed by atoms with van der Waals surface area (Å²) >= 11 is 4.87. The summed E-state index contributed by atoms with van der Waals surface area (Å²) in [5.74, 6) is 0. The monoisotopic (exact) mass is 228 g/mol. The van der Waals surface area contributed by atoms with Crippen molar-refractivity contribution < 1.29 is 0 Å². The number of nitrogens with two attached hydrogens (primary N) is 1. The molecule has 0 unspecified atom stereocenters. The van der Waals surface area contributed by atoms with Crippen LogP contribution in [0.25, 0.3) is 0 Å². The molecule has 3 heteroatoms. The zero-order valence-corrected chi connectivity index (χ0v) is 10.5. The minimum atomic E-state index is 0.669. The van der Waals surface area contributed by atoms with E-state index in [-0.39, 0.29) is 0 Å². The summed E-state index contributed by atoms with van der Waals surface area (Å²) in [5.41, 5.74) is 5.48. The molecule has 1 aliphatic rings. The van der Waals surface area contributed by atoms with Crippen molar-refractivity contribution in [2.45, 2.75) is 51.4 Å². The average Bonchev–Trinajstić information content (AvgIpc) is 2.14. The highest BCUT2D eigenvalue weighted by Crippen LogP contribution is 2.11. The Balaban J connectivity index is 2.04. The summed E-state index contributed by atoms with van der Waals surface area (Å²) in [7, 11) is 0. The van der Waals surface area contributed by atoms with Crippen LogP contribution in [-0.2, 0) is 0 Å². The van der Waals surface area contributed by atoms with Crippen molar-refractivity contribution in [3.63, 3.8) is 0 Å².